The molecule has 21 heavy (non-hydrogen) atoms. The van der Waals surface area contributed by atoms with Crippen LogP contribution >= 0.6 is 0 Å². The molecule has 0 bridgehead atoms. The van der Waals surface area contributed by atoms with Crippen LogP contribution in [0.3, 0.4) is 0 Å². The molecule has 1 aliphatic carbocycles. The SMILES string of the molecule is NNC(=O)C(CN1CCCC2CCCC21)c1ccccc1. The van der Waals surface area contributed by atoms with Crippen molar-refractivity contribution in [2.45, 2.75) is 44.1 Å². The average Bonchev–Trinajstić information content (AvgIpc) is 3.02. The van der Waals surface area contributed by atoms with Crippen molar-refractivity contribution in [3.63, 3.8) is 0 Å². The number of piperidine rings is 1. The maximum absolute atomic E-state index is 12.2. The van der Waals surface area contributed by atoms with Gasteiger partial charge in [-0.15, -0.1) is 0 Å². The van der Waals surface area contributed by atoms with E-state index in [2.05, 4.69) is 10.3 Å². The summed E-state index contributed by atoms with van der Waals surface area (Å²) < 4.78 is 0. The van der Waals surface area contributed by atoms with Crippen LogP contribution in [0.15, 0.2) is 30.3 Å². The summed E-state index contributed by atoms with van der Waals surface area (Å²) in [4.78, 5) is 14.8. The molecule has 0 aromatic heterocycles. The number of carbonyl (C=O) groups excluding carboxylic acids is 1. The van der Waals surface area contributed by atoms with Crippen molar-refractivity contribution in [2.75, 3.05) is 13.1 Å². The molecule has 3 atom stereocenters. The molecule has 4 heteroatoms. The topological polar surface area (TPSA) is 58.4 Å². The van der Waals surface area contributed by atoms with Gasteiger partial charge in [-0.1, -0.05) is 36.8 Å². The normalized spacial score (nSPS) is 27.1. The molecule has 1 aliphatic heterocycles. The Balaban J connectivity index is 1.76. The van der Waals surface area contributed by atoms with Crippen molar-refractivity contribution in [1.82, 2.24) is 10.3 Å². The Hall–Kier alpha value is -1.39. The molecule has 3 rings (SSSR count). The van der Waals surface area contributed by atoms with Crippen LogP contribution in [0.2, 0.25) is 0 Å². The van der Waals surface area contributed by atoms with Crippen LogP contribution in [-0.2, 0) is 4.79 Å². The van der Waals surface area contributed by atoms with Gasteiger partial charge in [0.1, 0.15) is 0 Å². The molecular weight excluding hydrogens is 262 g/mol. The molecule has 0 radical (unpaired) electrons. The summed E-state index contributed by atoms with van der Waals surface area (Å²) in [7, 11) is 0. The first-order chi connectivity index (χ1) is 10.3. The van der Waals surface area contributed by atoms with Gasteiger partial charge in [0.2, 0.25) is 5.91 Å². The lowest BCUT2D eigenvalue weighted by atomic mass is 9.89. The summed E-state index contributed by atoms with van der Waals surface area (Å²) in [6, 6.07) is 10.7. The van der Waals surface area contributed by atoms with Gasteiger partial charge in [0.15, 0.2) is 0 Å². The second-order valence-electron chi connectivity index (χ2n) is 6.37. The minimum absolute atomic E-state index is 0.0821. The number of fused-ring (bicyclic) bond motifs is 1. The van der Waals surface area contributed by atoms with E-state index in [1.165, 1.54) is 32.1 Å². The number of hydrogen-bond acceptors (Lipinski definition) is 3. The van der Waals surface area contributed by atoms with E-state index in [1.54, 1.807) is 0 Å². The lowest BCUT2D eigenvalue weighted by molar-refractivity contribution is -0.123. The number of carbonyl (C=O) groups is 1. The molecule has 1 aromatic rings. The molecule has 1 saturated carbocycles. The number of nitrogens with zero attached hydrogens (tertiary/aromatic N) is 1. The largest absolute Gasteiger partial charge is 0.299 e. The second-order valence-corrected chi connectivity index (χ2v) is 6.37. The Morgan fingerprint density at radius 2 is 2.00 bits per heavy atom. The highest BCUT2D eigenvalue weighted by atomic mass is 16.2. The Bertz CT molecular complexity index is 476. The third-order valence-corrected chi connectivity index (χ3v) is 5.19. The fourth-order valence-corrected chi connectivity index (χ4v) is 4.14. The number of rotatable bonds is 4. The number of hydrazine groups is 1. The standard InChI is InChI=1S/C17H25N3O/c18-19-17(21)15(13-6-2-1-3-7-13)12-20-11-5-9-14-8-4-10-16(14)20/h1-3,6-7,14-16H,4-5,8-12,18H2,(H,19,21). The van der Waals surface area contributed by atoms with E-state index in [1.807, 2.05) is 30.3 Å². The zero-order valence-corrected chi connectivity index (χ0v) is 12.5. The zero-order chi connectivity index (χ0) is 14.7. The quantitative estimate of drug-likeness (QED) is 0.506. The van der Waals surface area contributed by atoms with Gasteiger partial charge in [0.05, 0.1) is 5.92 Å². The van der Waals surface area contributed by atoms with Crippen LogP contribution in [0, 0.1) is 5.92 Å². The van der Waals surface area contributed by atoms with E-state index in [0.29, 0.717) is 6.04 Å². The van der Waals surface area contributed by atoms with Crippen molar-refractivity contribution in [1.29, 1.82) is 0 Å². The van der Waals surface area contributed by atoms with Crippen LogP contribution in [-0.4, -0.2) is 29.9 Å². The van der Waals surface area contributed by atoms with Crippen LogP contribution in [0.25, 0.3) is 0 Å². The summed E-state index contributed by atoms with van der Waals surface area (Å²) >= 11 is 0. The number of benzene rings is 1. The Morgan fingerprint density at radius 3 is 2.76 bits per heavy atom. The minimum atomic E-state index is -0.171. The first-order valence-corrected chi connectivity index (χ1v) is 8.09. The third kappa shape index (κ3) is 3.11. The first-order valence-electron chi connectivity index (χ1n) is 8.09. The fourth-order valence-electron chi connectivity index (χ4n) is 4.14. The molecule has 1 amide bonds. The smallest absolute Gasteiger partial charge is 0.242 e. The van der Waals surface area contributed by atoms with Crippen LogP contribution in [0.4, 0.5) is 0 Å². The number of amides is 1. The number of nitrogens with two attached hydrogens (primary N) is 1. The fraction of sp³-hybridized carbons (Fsp3) is 0.588. The third-order valence-electron chi connectivity index (χ3n) is 5.19. The molecule has 1 aromatic carbocycles. The van der Waals surface area contributed by atoms with Gasteiger partial charge in [-0.3, -0.25) is 15.1 Å². The highest BCUT2D eigenvalue weighted by molar-refractivity contribution is 5.83. The van der Waals surface area contributed by atoms with E-state index in [4.69, 9.17) is 5.84 Å². The van der Waals surface area contributed by atoms with Crippen molar-refractivity contribution < 1.29 is 4.79 Å². The van der Waals surface area contributed by atoms with Gasteiger partial charge in [-0.05, 0) is 43.7 Å². The number of hydrogen-bond donors (Lipinski definition) is 2. The molecule has 1 saturated heterocycles. The van der Waals surface area contributed by atoms with E-state index in [9.17, 15) is 4.79 Å². The zero-order valence-electron chi connectivity index (χ0n) is 12.5. The van der Waals surface area contributed by atoms with Crippen molar-refractivity contribution >= 4 is 5.91 Å². The van der Waals surface area contributed by atoms with E-state index in [0.717, 1.165) is 24.6 Å². The maximum atomic E-state index is 12.2. The average molecular weight is 287 g/mol. The summed E-state index contributed by atoms with van der Waals surface area (Å²) in [5, 5.41) is 0. The van der Waals surface area contributed by atoms with Crippen molar-refractivity contribution in [2.24, 2.45) is 11.8 Å². The summed E-state index contributed by atoms with van der Waals surface area (Å²) in [6.07, 6.45) is 6.61. The molecule has 3 unspecified atom stereocenters. The van der Waals surface area contributed by atoms with Gasteiger partial charge in [0.25, 0.3) is 0 Å². The molecular formula is C17H25N3O. The number of likely N-dealkylation sites (tertiary alicyclic amines) is 1. The monoisotopic (exact) mass is 287 g/mol. The summed E-state index contributed by atoms with van der Waals surface area (Å²) in [5.74, 6) is 5.99. The minimum Gasteiger partial charge on any atom is -0.299 e. The van der Waals surface area contributed by atoms with Gasteiger partial charge >= 0.3 is 0 Å². The second kappa shape index (κ2) is 6.58. The van der Waals surface area contributed by atoms with E-state index < -0.39 is 0 Å². The van der Waals surface area contributed by atoms with Crippen LogP contribution in [0.1, 0.15) is 43.6 Å². The van der Waals surface area contributed by atoms with Crippen molar-refractivity contribution in [3.8, 4) is 0 Å². The Morgan fingerprint density at radius 1 is 1.24 bits per heavy atom. The van der Waals surface area contributed by atoms with Crippen LogP contribution < -0.4 is 11.3 Å². The van der Waals surface area contributed by atoms with Gasteiger partial charge in [-0.2, -0.15) is 0 Å². The van der Waals surface area contributed by atoms with E-state index in [-0.39, 0.29) is 11.8 Å². The molecule has 4 nitrogen and oxygen atoms in total. The van der Waals surface area contributed by atoms with Gasteiger partial charge in [-0.25, -0.2) is 5.84 Å². The predicted molar refractivity (Wildman–Crippen MR) is 83.4 cm³/mol. The van der Waals surface area contributed by atoms with Crippen LogP contribution in [0.5, 0.6) is 0 Å². The summed E-state index contributed by atoms with van der Waals surface area (Å²) in [5.41, 5.74) is 3.40. The van der Waals surface area contributed by atoms with Gasteiger partial charge < -0.3 is 0 Å². The molecule has 2 aliphatic rings. The molecule has 1 heterocycles. The highest BCUT2D eigenvalue weighted by Crippen LogP contribution is 2.37. The highest BCUT2D eigenvalue weighted by Gasteiger charge is 2.36. The lowest BCUT2D eigenvalue weighted by Crippen LogP contribution is -2.47. The molecule has 0 spiro atoms. The lowest BCUT2D eigenvalue weighted by Gasteiger charge is -2.39. The molecule has 2 fully saturated rings. The molecule has 3 N–H and O–H groups in total. The summed E-state index contributed by atoms with van der Waals surface area (Å²) in [6.45, 7) is 1.90. The Labute approximate surface area is 126 Å². The maximum Gasteiger partial charge on any atom is 0.242 e. The van der Waals surface area contributed by atoms with Crippen molar-refractivity contribution in [3.05, 3.63) is 35.9 Å². The van der Waals surface area contributed by atoms with E-state index >= 15 is 0 Å². The first kappa shape index (κ1) is 14.5. The van der Waals surface area contributed by atoms with Gasteiger partial charge in [0, 0.05) is 12.6 Å². The predicted octanol–water partition coefficient (Wildman–Crippen LogP) is 2.02. The molecule has 114 valence electrons. The Kier molecular flexibility index (Phi) is 4.56. The number of nitrogens with one attached hydrogen (secondary N) is 1.